The minimum atomic E-state index is 0.341. The second-order valence-electron chi connectivity index (χ2n) is 3.87. The van der Waals surface area contributed by atoms with Gasteiger partial charge in [-0.3, -0.25) is 4.68 Å². The van der Waals surface area contributed by atoms with Gasteiger partial charge in [-0.25, -0.2) is 9.97 Å². The molecule has 0 saturated carbocycles. The van der Waals surface area contributed by atoms with E-state index in [4.69, 9.17) is 16.3 Å². The molecule has 0 bridgehead atoms. The van der Waals surface area contributed by atoms with Gasteiger partial charge in [-0.1, -0.05) is 16.8 Å². The van der Waals surface area contributed by atoms with E-state index in [2.05, 4.69) is 25.6 Å². The first kappa shape index (κ1) is 13.7. The molecule has 1 N–H and O–H groups in total. The molecule has 0 unspecified atom stereocenters. The summed E-state index contributed by atoms with van der Waals surface area (Å²) >= 11 is 5.91. The van der Waals surface area contributed by atoms with Gasteiger partial charge in [-0.05, 0) is 6.42 Å². The van der Waals surface area contributed by atoms with Gasteiger partial charge in [0.15, 0.2) is 5.82 Å². The zero-order valence-electron chi connectivity index (χ0n) is 10.6. The van der Waals surface area contributed by atoms with Crippen LogP contribution in [0.1, 0.15) is 12.2 Å². The summed E-state index contributed by atoms with van der Waals surface area (Å²) in [5.74, 6) is 1.26. The van der Waals surface area contributed by atoms with Crippen molar-refractivity contribution >= 4 is 17.4 Å². The standard InChI is InChI=1S/C11H15ClN6O/c1-19-8-11-15-9(12)7-10(16-11)13-3-2-5-18-6-4-14-17-18/h4,6-7H,2-3,5,8H2,1H3,(H,13,15,16). The number of ether oxygens (including phenoxy) is 1. The molecule has 2 rings (SSSR count). The molecule has 7 nitrogen and oxygen atoms in total. The van der Waals surface area contributed by atoms with Crippen molar-refractivity contribution < 1.29 is 4.74 Å². The van der Waals surface area contributed by atoms with E-state index >= 15 is 0 Å². The van der Waals surface area contributed by atoms with Crippen LogP contribution in [-0.2, 0) is 17.9 Å². The second-order valence-corrected chi connectivity index (χ2v) is 4.26. The largest absolute Gasteiger partial charge is 0.377 e. The Morgan fingerprint density at radius 1 is 1.42 bits per heavy atom. The Balaban J connectivity index is 1.81. The molecule has 0 fully saturated rings. The average molecular weight is 283 g/mol. The van der Waals surface area contributed by atoms with E-state index in [1.54, 1.807) is 24.1 Å². The highest BCUT2D eigenvalue weighted by molar-refractivity contribution is 6.29. The predicted molar refractivity (Wildman–Crippen MR) is 70.9 cm³/mol. The van der Waals surface area contributed by atoms with Gasteiger partial charge in [-0.15, -0.1) is 5.10 Å². The van der Waals surface area contributed by atoms with E-state index in [-0.39, 0.29) is 0 Å². The molecule has 2 aromatic heterocycles. The Bertz CT molecular complexity index is 504. The van der Waals surface area contributed by atoms with Crippen molar-refractivity contribution in [2.45, 2.75) is 19.6 Å². The quantitative estimate of drug-likeness (QED) is 0.610. The van der Waals surface area contributed by atoms with Crippen molar-refractivity contribution in [3.8, 4) is 0 Å². The second kappa shape index (κ2) is 7.01. The Labute approximate surface area is 116 Å². The monoisotopic (exact) mass is 282 g/mol. The molecule has 0 spiro atoms. The highest BCUT2D eigenvalue weighted by atomic mass is 35.5. The Hall–Kier alpha value is -1.73. The van der Waals surface area contributed by atoms with Crippen LogP contribution < -0.4 is 5.32 Å². The van der Waals surface area contributed by atoms with Gasteiger partial charge < -0.3 is 10.1 Å². The third kappa shape index (κ3) is 4.46. The minimum absolute atomic E-state index is 0.341. The number of aryl methyl sites for hydroxylation is 1. The molecule has 0 saturated heterocycles. The molecule has 0 aliphatic rings. The van der Waals surface area contributed by atoms with E-state index in [1.807, 2.05) is 6.20 Å². The summed E-state index contributed by atoms with van der Waals surface area (Å²) in [5.41, 5.74) is 0. The van der Waals surface area contributed by atoms with Gasteiger partial charge in [0.05, 0.1) is 6.20 Å². The SMILES string of the molecule is COCc1nc(Cl)cc(NCCCn2ccnn2)n1. The van der Waals surface area contributed by atoms with Crippen molar-refractivity contribution in [1.82, 2.24) is 25.0 Å². The molecule has 2 aromatic rings. The number of rotatable bonds is 7. The van der Waals surface area contributed by atoms with Crippen molar-refractivity contribution in [3.63, 3.8) is 0 Å². The molecular formula is C11H15ClN6O. The summed E-state index contributed by atoms with van der Waals surface area (Å²) in [5, 5.41) is 11.2. The summed E-state index contributed by atoms with van der Waals surface area (Å²) < 4.78 is 6.77. The zero-order chi connectivity index (χ0) is 13.5. The maximum Gasteiger partial charge on any atom is 0.158 e. The van der Waals surface area contributed by atoms with Crippen LogP contribution in [0.15, 0.2) is 18.5 Å². The molecule has 0 aromatic carbocycles. The lowest BCUT2D eigenvalue weighted by Crippen LogP contribution is -2.09. The van der Waals surface area contributed by atoms with Gasteiger partial charge in [0, 0.05) is 32.5 Å². The lowest BCUT2D eigenvalue weighted by molar-refractivity contribution is 0.178. The third-order valence-corrected chi connectivity index (χ3v) is 2.55. The van der Waals surface area contributed by atoms with Crippen LogP contribution in [0.25, 0.3) is 0 Å². The third-order valence-electron chi connectivity index (χ3n) is 2.36. The van der Waals surface area contributed by atoms with Crippen molar-refractivity contribution in [2.24, 2.45) is 0 Å². The van der Waals surface area contributed by atoms with Crippen LogP contribution >= 0.6 is 11.6 Å². The smallest absolute Gasteiger partial charge is 0.158 e. The van der Waals surface area contributed by atoms with Gasteiger partial charge in [0.2, 0.25) is 0 Å². The van der Waals surface area contributed by atoms with Crippen LogP contribution in [0.4, 0.5) is 5.82 Å². The maximum atomic E-state index is 5.91. The predicted octanol–water partition coefficient (Wildman–Crippen LogP) is 1.37. The molecule has 102 valence electrons. The summed E-state index contributed by atoms with van der Waals surface area (Å²) in [6, 6.07) is 1.69. The summed E-state index contributed by atoms with van der Waals surface area (Å²) in [6.07, 6.45) is 4.40. The molecule has 0 radical (unpaired) electrons. The molecule has 0 amide bonds. The Morgan fingerprint density at radius 2 is 2.32 bits per heavy atom. The van der Waals surface area contributed by atoms with E-state index < -0.39 is 0 Å². The fourth-order valence-electron chi connectivity index (χ4n) is 1.56. The van der Waals surface area contributed by atoms with Crippen LogP contribution in [0.2, 0.25) is 5.15 Å². The Morgan fingerprint density at radius 3 is 3.05 bits per heavy atom. The maximum absolute atomic E-state index is 5.91. The summed E-state index contributed by atoms with van der Waals surface area (Å²) in [7, 11) is 1.59. The fraction of sp³-hybridized carbons (Fsp3) is 0.455. The fourth-order valence-corrected chi connectivity index (χ4v) is 1.76. The number of nitrogens with zero attached hydrogens (tertiary/aromatic N) is 5. The van der Waals surface area contributed by atoms with Crippen LogP contribution in [0.3, 0.4) is 0 Å². The molecule has 0 atom stereocenters. The molecule has 19 heavy (non-hydrogen) atoms. The number of methoxy groups -OCH3 is 1. The number of anilines is 1. The van der Waals surface area contributed by atoms with Gasteiger partial charge >= 0.3 is 0 Å². The number of aromatic nitrogens is 5. The molecular weight excluding hydrogens is 268 g/mol. The molecule has 0 aliphatic heterocycles. The first-order valence-electron chi connectivity index (χ1n) is 5.88. The topological polar surface area (TPSA) is 77.8 Å². The molecule has 8 heteroatoms. The number of hydrogen-bond acceptors (Lipinski definition) is 6. The van der Waals surface area contributed by atoms with E-state index in [0.29, 0.717) is 23.4 Å². The van der Waals surface area contributed by atoms with Gasteiger partial charge in [-0.2, -0.15) is 0 Å². The lowest BCUT2D eigenvalue weighted by Gasteiger charge is -2.07. The number of nitrogens with one attached hydrogen (secondary N) is 1. The van der Waals surface area contributed by atoms with Crippen molar-refractivity contribution in [3.05, 3.63) is 29.4 Å². The van der Waals surface area contributed by atoms with Crippen LogP contribution in [-0.4, -0.2) is 38.6 Å². The number of hydrogen-bond donors (Lipinski definition) is 1. The van der Waals surface area contributed by atoms with E-state index in [9.17, 15) is 0 Å². The van der Waals surface area contributed by atoms with Crippen LogP contribution in [0.5, 0.6) is 0 Å². The van der Waals surface area contributed by atoms with Gasteiger partial charge in [0.25, 0.3) is 0 Å². The molecule has 2 heterocycles. The van der Waals surface area contributed by atoms with Crippen LogP contribution in [0, 0.1) is 0 Å². The lowest BCUT2D eigenvalue weighted by atomic mass is 10.4. The number of halogens is 1. The highest BCUT2D eigenvalue weighted by Gasteiger charge is 2.02. The van der Waals surface area contributed by atoms with Gasteiger partial charge in [0.1, 0.15) is 17.6 Å². The Kier molecular flexibility index (Phi) is 5.05. The van der Waals surface area contributed by atoms with E-state index in [1.165, 1.54) is 0 Å². The highest BCUT2D eigenvalue weighted by Crippen LogP contribution is 2.12. The first-order chi connectivity index (χ1) is 9.28. The summed E-state index contributed by atoms with van der Waals surface area (Å²) in [6.45, 7) is 1.91. The zero-order valence-corrected chi connectivity index (χ0v) is 11.3. The average Bonchev–Trinajstić information content (AvgIpc) is 2.87. The molecule has 0 aliphatic carbocycles. The minimum Gasteiger partial charge on any atom is -0.377 e. The normalized spacial score (nSPS) is 10.6. The van der Waals surface area contributed by atoms with Crippen molar-refractivity contribution in [2.75, 3.05) is 19.0 Å². The van der Waals surface area contributed by atoms with Crippen molar-refractivity contribution in [1.29, 1.82) is 0 Å². The van der Waals surface area contributed by atoms with E-state index in [0.717, 1.165) is 19.5 Å². The summed E-state index contributed by atoms with van der Waals surface area (Å²) in [4.78, 5) is 8.35. The first-order valence-corrected chi connectivity index (χ1v) is 6.26.